The summed E-state index contributed by atoms with van der Waals surface area (Å²) in [6.45, 7) is 6.01. The van der Waals surface area contributed by atoms with Gasteiger partial charge in [-0.3, -0.25) is 4.90 Å². The Morgan fingerprint density at radius 2 is 2.15 bits per heavy atom. The van der Waals surface area contributed by atoms with E-state index in [1.54, 1.807) is 0 Å². The van der Waals surface area contributed by atoms with E-state index in [0.717, 1.165) is 11.1 Å². The lowest BCUT2D eigenvalue weighted by Gasteiger charge is -2.49. The molecule has 0 amide bonds. The van der Waals surface area contributed by atoms with Gasteiger partial charge in [0.25, 0.3) is 0 Å². The Kier molecular flexibility index (Phi) is 4.78. The minimum atomic E-state index is 0.638. The summed E-state index contributed by atoms with van der Waals surface area (Å²) in [7, 11) is 0. The Morgan fingerprint density at radius 1 is 1.30 bits per heavy atom. The van der Waals surface area contributed by atoms with Gasteiger partial charge in [-0.15, -0.1) is 0 Å². The number of piperidine rings is 1. The van der Waals surface area contributed by atoms with E-state index in [9.17, 15) is 0 Å². The van der Waals surface area contributed by atoms with Crippen LogP contribution in [0.3, 0.4) is 0 Å². The average Bonchev–Trinajstić information content (AvgIpc) is 2.46. The monoisotopic (exact) mass is 404 g/mol. The van der Waals surface area contributed by atoms with E-state index in [1.165, 1.54) is 54.6 Å². The number of halogens is 2. The third-order valence-electron chi connectivity index (χ3n) is 4.73. The van der Waals surface area contributed by atoms with Crippen LogP contribution in [-0.2, 0) is 0 Å². The maximum absolute atomic E-state index is 6.11. The van der Waals surface area contributed by atoms with E-state index in [2.05, 4.69) is 51.4 Å². The molecule has 2 aliphatic rings. The summed E-state index contributed by atoms with van der Waals surface area (Å²) in [6, 6.07) is 7.69. The molecule has 4 heteroatoms. The van der Waals surface area contributed by atoms with E-state index in [1.807, 2.05) is 6.07 Å². The lowest BCUT2D eigenvalue weighted by Crippen LogP contribution is -2.59. The van der Waals surface area contributed by atoms with Crippen molar-refractivity contribution in [2.45, 2.75) is 44.7 Å². The van der Waals surface area contributed by atoms with Gasteiger partial charge in [0.2, 0.25) is 0 Å². The van der Waals surface area contributed by atoms with Gasteiger partial charge in [-0.25, -0.2) is 0 Å². The fourth-order valence-corrected chi connectivity index (χ4v) is 4.79. The van der Waals surface area contributed by atoms with Crippen LogP contribution in [0.1, 0.15) is 32.6 Å². The number of piperazine rings is 1. The highest BCUT2D eigenvalue weighted by Crippen LogP contribution is 2.33. The van der Waals surface area contributed by atoms with Crippen LogP contribution in [0.15, 0.2) is 18.2 Å². The summed E-state index contributed by atoms with van der Waals surface area (Å²) >= 11 is 8.53. The highest BCUT2D eigenvalue weighted by Gasteiger charge is 2.34. The van der Waals surface area contributed by atoms with Crippen molar-refractivity contribution >= 4 is 39.9 Å². The topological polar surface area (TPSA) is 6.48 Å². The molecule has 0 spiro atoms. The van der Waals surface area contributed by atoms with Crippen LogP contribution in [0.2, 0.25) is 5.02 Å². The molecular formula is C16H22ClIN2. The molecule has 2 saturated heterocycles. The Hall–Kier alpha value is -0.000000000000000111. The van der Waals surface area contributed by atoms with Gasteiger partial charge in [0.1, 0.15) is 0 Å². The Bertz CT molecular complexity index is 480. The summed E-state index contributed by atoms with van der Waals surface area (Å²) in [5.41, 5.74) is 1.37. The molecule has 1 aromatic rings. The first kappa shape index (κ1) is 14.9. The molecule has 1 aromatic carbocycles. The maximum Gasteiger partial charge on any atom is 0.0506 e. The Morgan fingerprint density at radius 3 is 2.90 bits per heavy atom. The summed E-state index contributed by atoms with van der Waals surface area (Å²) < 4.78 is 1.28. The number of nitrogens with zero attached hydrogens (tertiary/aromatic N) is 2. The molecule has 0 aromatic heterocycles. The van der Waals surface area contributed by atoms with Gasteiger partial charge in [0, 0.05) is 33.8 Å². The van der Waals surface area contributed by atoms with Crippen LogP contribution in [0, 0.1) is 3.57 Å². The van der Waals surface area contributed by atoms with Crippen LogP contribution < -0.4 is 4.90 Å². The normalized spacial score (nSPS) is 27.4. The lowest BCUT2D eigenvalue weighted by atomic mass is 9.95. The first-order chi connectivity index (χ1) is 9.69. The molecule has 0 radical (unpaired) electrons. The minimum Gasteiger partial charge on any atom is -0.365 e. The van der Waals surface area contributed by atoms with Crippen molar-refractivity contribution in [3.63, 3.8) is 0 Å². The zero-order valence-electron chi connectivity index (χ0n) is 12.0. The molecule has 0 N–H and O–H groups in total. The fourth-order valence-electron chi connectivity index (χ4n) is 3.61. The van der Waals surface area contributed by atoms with Gasteiger partial charge in [-0.2, -0.15) is 0 Å². The second-order valence-corrected chi connectivity index (χ2v) is 7.55. The van der Waals surface area contributed by atoms with Gasteiger partial charge < -0.3 is 4.90 Å². The number of anilines is 1. The number of hydrogen-bond donors (Lipinski definition) is 0. The molecule has 0 saturated carbocycles. The molecule has 2 unspecified atom stereocenters. The zero-order chi connectivity index (χ0) is 14.1. The highest BCUT2D eigenvalue weighted by molar-refractivity contribution is 14.1. The van der Waals surface area contributed by atoms with E-state index < -0.39 is 0 Å². The van der Waals surface area contributed by atoms with Gasteiger partial charge in [0.05, 0.1) is 5.69 Å². The molecule has 2 nitrogen and oxygen atoms in total. The average molecular weight is 405 g/mol. The zero-order valence-corrected chi connectivity index (χ0v) is 14.9. The molecule has 2 aliphatic heterocycles. The summed E-state index contributed by atoms with van der Waals surface area (Å²) in [6.07, 6.45) is 5.34. The number of fused-ring (bicyclic) bond motifs is 1. The smallest absolute Gasteiger partial charge is 0.0506 e. The highest BCUT2D eigenvalue weighted by atomic mass is 127. The summed E-state index contributed by atoms with van der Waals surface area (Å²) in [5, 5.41) is 0.836. The van der Waals surface area contributed by atoms with E-state index in [4.69, 9.17) is 11.6 Å². The van der Waals surface area contributed by atoms with Gasteiger partial charge in [0.15, 0.2) is 0 Å². The van der Waals surface area contributed by atoms with Gasteiger partial charge >= 0.3 is 0 Å². The standard InChI is InChI=1S/C16H22ClIN2/c1-2-13-10-19-8-4-3-5-14(19)11-20(13)16-7-6-12(17)9-15(16)18/h6-7,9,13-14H,2-5,8,10-11H2,1H3. The van der Waals surface area contributed by atoms with Crippen molar-refractivity contribution < 1.29 is 0 Å². The SMILES string of the molecule is CCC1CN2CCCCC2CN1c1ccc(Cl)cc1I. The predicted molar refractivity (Wildman–Crippen MR) is 94.8 cm³/mol. The van der Waals surface area contributed by atoms with Crippen molar-refractivity contribution in [1.82, 2.24) is 4.90 Å². The molecule has 2 atom stereocenters. The van der Waals surface area contributed by atoms with Crippen LogP contribution >= 0.6 is 34.2 Å². The van der Waals surface area contributed by atoms with Crippen LogP contribution in [0.4, 0.5) is 5.69 Å². The first-order valence-corrected chi connectivity index (χ1v) is 9.10. The second kappa shape index (κ2) is 6.41. The van der Waals surface area contributed by atoms with E-state index >= 15 is 0 Å². The van der Waals surface area contributed by atoms with Crippen molar-refractivity contribution in [3.8, 4) is 0 Å². The molecule has 2 fully saturated rings. The summed E-state index contributed by atoms with van der Waals surface area (Å²) in [5.74, 6) is 0. The molecule has 2 heterocycles. The van der Waals surface area contributed by atoms with Crippen LogP contribution in [-0.4, -0.2) is 36.6 Å². The van der Waals surface area contributed by atoms with Gasteiger partial charge in [-0.1, -0.05) is 24.9 Å². The molecular weight excluding hydrogens is 383 g/mol. The number of hydrogen-bond acceptors (Lipinski definition) is 2. The molecule has 20 heavy (non-hydrogen) atoms. The Balaban J connectivity index is 1.86. The molecule has 0 bridgehead atoms. The van der Waals surface area contributed by atoms with Crippen molar-refractivity contribution in [3.05, 3.63) is 26.8 Å². The van der Waals surface area contributed by atoms with E-state index in [-0.39, 0.29) is 0 Å². The molecule has 3 rings (SSSR count). The largest absolute Gasteiger partial charge is 0.365 e. The van der Waals surface area contributed by atoms with Crippen LogP contribution in [0.25, 0.3) is 0 Å². The number of benzene rings is 1. The maximum atomic E-state index is 6.11. The van der Waals surface area contributed by atoms with Crippen molar-refractivity contribution in [2.75, 3.05) is 24.5 Å². The predicted octanol–water partition coefficient (Wildman–Crippen LogP) is 4.40. The minimum absolute atomic E-state index is 0.638. The lowest BCUT2D eigenvalue weighted by molar-refractivity contribution is 0.111. The Labute approximate surface area is 140 Å². The third kappa shape index (κ3) is 2.95. The third-order valence-corrected chi connectivity index (χ3v) is 5.83. The molecule has 110 valence electrons. The second-order valence-electron chi connectivity index (χ2n) is 5.95. The summed E-state index contributed by atoms with van der Waals surface area (Å²) in [4.78, 5) is 5.35. The fraction of sp³-hybridized carbons (Fsp3) is 0.625. The number of rotatable bonds is 2. The van der Waals surface area contributed by atoms with Gasteiger partial charge in [-0.05, 0) is 66.6 Å². The first-order valence-electron chi connectivity index (χ1n) is 7.64. The van der Waals surface area contributed by atoms with Crippen molar-refractivity contribution in [1.29, 1.82) is 0 Å². The van der Waals surface area contributed by atoms with E-state index in [0.29, 0.717) is 6.04 Å². The quantitative estimate of drug-likeness (QED) is 0.674. The van der Waals surface area contributed by atoms with Crippen molar-refractivity contribution in [2.24, 2.45) is 0 Å². The molecule has 0 aliphatic carbocycles. The van der Waals surface area contributed by atoms with Crippen LogP contribution in [0.5, 0.6) is 0 Å².